The van der Waals surface area contributed by atoms with Crippen LogP contribution in [0.3, 0.4) is 0 Å². The number of carbonyl (C=O) groups excluding carboxylic acids is 1. The molecule has 0 aromatic heterocycles. The topological polar surface area (TPSA) is 64.3 Å². The molecule has 6 heteroatoms. The second-order valence-corrected chi connectivity index (χ2v) is 8.44. The van der Waals surface area contributed by atoms with E-state index in [0.717, 1.165) is 5.56 Å². The molecule has 0 bridgehead atoms. The van der Waals surface area contributed by atoms with Crippen LogP contribution in [-0.2, 0) is 14.9 Å². The Labute approximate surface area is 154 Å². The van der Waals surface area contributed by atoms with Crippen LogP contribution in [0.4, 0.5) is 4.39 Å². The minimum absolute atomic E-state index is 0.0206. The molecule has 0 radical (unpaired) electrons. The van der Waals surface area contributed by atoms with Gasteiger partial charge in [-0.2, -0.15) is 0 Å². The third kappa shape index (κ3) is 3.55. The zero-order valence-corrected chi connectivity index (χ0v) is 16.3. The number of hydrogen-bond donors (Lipinski definition) is 2. The van der Waals surface area contributed by atoms with Gasteiger partial charge in [0.2, 0.25) is 5.91 Å². The van der Waals surface area contributed by atoms with E-state index in [1.54, 1.807) is 6.07 Å². The third-order valence-corrected chi connectivity index (χ3v) is 5.90. The van der Waals surface area contributed by atoms with Crippen molar-refractivity contribution in [1.82, 2.24) is 5.32 Å². The van der Waals surface area contributed by atoms with Gasteiger partial charge in [0.15, 0.2) is 0 Å². The molecule has 1 saturated carbocycles. The molecule has 1 amide bonds. The fourth-order valence-corrected chi connectivity index (χ4v) is 3.84. The van der Waals surface area contributed by atoms with E-state index in [4.69, 9.17) is 22.1 Å². The summed E-state index contributed by atoms with van der Waals surface area (Å²) >= 11 is 6.16. The summed E-state index contributed by atoms with van der Waals surface area (Å²) in [5.74, 6) is -0.576. The lowest BCUT2D eigenvalue weighted by molar-refractivity contribution is -0.170. The van der Waals surface area contributed by atoms with Crippen LogP contribution in [0.15, 0.2) is 18.2 Å². The summed E-state index contributed by atoms with van der Waals surface area (Å²) in [7, 11) is 0. The number of amides is 1. The Morgan fingerprint density at radius 2 is 2.12 bits per heavy atom. The number of nitrogens with two attached hydrogens (primary N) is 1. The fraction of sp³-hybridized carbons (Fsp3) is 0.632. The maximum Gasteiger partial charge on any atom is 0.240 e. The van der Waals surface area contributed by atoms with Gasteiger partial charge in [0, 0.05) is 35.4 Å². The Hall–Kier alpha value is -1.17. The van der Waals surface area contributed by atoms with E-state index in [2.05, 4.69) is 5.32 Å². The van der Waals surface area contributed by atoms with Gasteiger partial charge >= 0.3 is 0 Å². The van der Waals surface area contributed by atoms with Crippen LogP contribution in [0.2, 0.25) is 5.02 Å². The highest BCUT2D eigenvalue weighted by Crippen LogP contribution is 2.49. The van der Waals surface area contributed by atoms with Crippen LogP contribution in [0.5, 0.6) is 0 Å². The van der Waals surface area contributed by atoms with Crippen LogP contribution in [0, 0.1) is 11.2 Å². The van der Waals surface area contributed by atoms with Gasteiger partial charge in [-0.05, 0) is 24.6 Å². The maximum absolute atomic E-state index is 13.3. The van der Waals surface area contributed by atoms with Crippen molar-refractivity contribution in [2.24, 2.45) is 11.1 Å². The second kappa shape index (κ2) is 6.86. The monoisotopic (exact) mass is 370 g/mol. The summed E-state index contributed by atoms with van der Waals surface area (Å²) in [4.78, 5) is 12.7. The van der Waals surface area contributed by atoms with Crippen molar-refractivity contribution in [2.75, 3.05) is 13.2 Å². The van der Waals surface area contributed by atoms with Gasteiger partial charge in [-0.15, -0.1) is 0 Å². The Kier molecular flexibility index (Phi) is 5.53. The molecule has 4 nitrogen and oxygen atoms in total. The number of nitrogens with one attached hydrogen (secondary N) is 1. The van der Waals surface area contributed by atoms with Gasteiger partial charge in [-0.25, -0.2) is 4.39 Å². The summed E-state index contributed by atoms with van der Waals surface area (Å²) in [6.45, 7) is 10.7. The maximum atomic E-state index is 13.3. The van der Waals surface area contributed by atoms with Crippen molar-refractivity contribution < 1.29 is 13.9 Å². The molecule has 1 aliphatic rings. The van der Waals surface area contributed by atoms with Crippen molar-refractivity contribution in [3.8, 4) is 0 Å². The van der Waals surface area contributed by atoms with Gasteiger partial charge in [0.05, 0.1) is 6.10 Å². The smallest absolute Gasteiger partial charge is 0.240 e. The fourth-order valence-electron chi connectivity index (χ4n) is 3.41. The molecule has 2 atom stereocenters. The highest BCUT2D eigenvalue weighted by molar-refractivity contribution is 6.31. The van der Waals surface area contributed by atoms with Crippen molar-refractivity contribution in [2.45, 2.75) is 58.1 Å². The zero-order valence-electron chi connectivity index (χ0n) is 15.6. The molecular formula is C19H28ClFN2O2. The molecule has 25 heavy (non-hydrogen) atoms. The van der Waals surface area contributed by atoms with E-state index in [-0.39, 0.29) is 17.8 Å². The van der Waals surface area contributed by atoms with Crippen molar-refractivity contribution in [3.63, 3.8) is 0 Å². The molecule has 0 saturated heterocycles. The van der Waals surface area contributed by atoms with E-state index in [1.807, 2.05) is 34.6 Å². The number of hydrogen-bond acceptors (Lipinski definition) is 3. The van der Waals surface area contributed by atoms with Gasteiger partial charge in [0.1, 0.15) is 11.4 Å². The molecule has 140 valence electrons. The average molecular weight is 371 g/mol. The van der Waals surface area contributed by atoms with Gasteiger partial charge in [-0.3, -0.25) is 4.79 Å². The minimum atomic E-state index is -0.963. The van der Waals surface area contributed by atoms with Gasteiger partial charge in [0.25, 0.3) is 0 Å². The predicted molar refractivity (Wildman–Crippen MR) is 98.2 cm³/mol. The van der Waals surface area contributed by atoms with Crippen LogP contribution in [0.1, 0.15) is 46.6 Å². The van der Waals surface area contributed by atoms with Crippen LogP contribution >= 0.6 is 11.6 Å². The van der Waals surface area contributed by atoms with E-state index >= 15 is 0 Å². The molecule has 0 heterocycles. The molecule has 2 rings (SSSR count). The van der Waals surface area contributed by atoms with Gasteiger partial charge < -0.3 is 15.8 Å². The summed E-state index contributed by atoms with van der Waals surface area (Å²) in [6, 6.07) is 4.31. The first kappa shape index (κ1) is 20.1. The summed E-state index contributed by atoms with van der Waals surface area (Å²) in [5, 5.41) is 3.30. The van der Waals surface area contributed by atoms with Crippen molar-refractivity contribution in [1.29, 1.82) is 0 Å². The Bertz CT molecular complexity index is 663. The van der Waals surface area contributed by atoms with E-state index < -0.39 is 16.4 Å². The molecule has 1 aromatic rings. The first-order chi connectivity index (χ1) is 11.5. The Morgan fingerprint density at radius 1 is 1.48 bits per heavy atom. The lowest BCUT2D eigenvalue weighted by Gasteiger charge is -2.57. The molecule has 0 spiro atoms. The predicted octanol–water partition coefficient (Wildman–Crippen LogP) is 3.41. The number of halogens is 2. The highest BCUT2D eigenvalue weighted by atomic mass is 35.5. The first-order valence-electron chi connectivity index (χ1n) is 8.60. The van der Waals surface area contributed by atoms with Crippen molar-refractivity contribution >= 4 is 17.5 Å². The lowest BCUT2D eigenvalue weighted by atomic mass is 9.54. The van der Waals surface area contributed by atoms with E-state index in [9.17, 15) is 9.18 Å². The van der Waals surface area contributed by atoms with Crippen LogP contribution in [0.25, 0.3) is 0 Å². The van der Waals surface area contributed by atoms with E-state index in [0.29, 0.717) is 24.6 Å². The molecule has 1 aliphatic carbocycles. The summed E-state index contributed by atoms with van der Waals surface area (Å²) in [5.41, 5.74) is 5.32. The SMILES string of the molecule is CCOC1CC(N)(C(=O)NCC(C)(C)c2ccc(F)cc2Cl)C1(C)C. The average Bonchev–Trinajstić information content (AvgIpc) is 2.51. The molecule has 1 aromatic carbocycles. The Morgan fingerprint density at radius 3 is 2.64 bits per heavy atom. The lowest BCUT2D eigenvalue weighted by Crippen LogP contribution is -2.76. The zero-order chi connectivity index (χ0) is 19.0. The highest BCUT2D eigenvalue weighted by Gasteiger charge is 2.62. The van der Waals surface area contributed by atoms with Gasteiger partial charge in [-0.1, -0.05) is 45.4 Å². The molecule has 2 unspecified atom stereocenters. The quantitative estimate of drug-likeness (QED) is 0.806. The largest absolute Gasteiger partial charge is 0.378 e. The molecule has 3 N–H and O–H groups in total. The first-order valence-corrected chi connectivity index (χ1v) is 8.98. The second-order valence-electron chi connectivity index (χ2n) is 8.03. The third-order valence-electron chi connectivity index (χ3n) is 5.59. The molecular weight excluding hydrogens is 343 g/mol. The van der Waals surface area contributed by atoms with Crippen LogP contribution < -0.4 is 11.1 Å². The Balaban J connectivity index is 2.06. The minimum Gasteiger partial charge on any atom is -0.378 e. The number of ether oxygens (including phenoxy) is 1. The number of carbonyl (C=O) groups is 1. The summed E-state index contributed by atoms with van der Waals surface area (Å²) < 4.78 is 18.9. The van der Waals surface area contributed by atoms with Crippen LogP contribution in [-0.4, -0.2) is 30.7 Å². The van der Waals surface area contributed by atoms with E-state index in [1.165, 1.54) is 12.1 Å². The molecule has 0 aliphatic heterocycles. The molecule has 1 fully saturated rings. The standard InChI is InChI=1S/C19H28ClFN2O2/c1-6-25-15-10-19(22,18(15,4)5)16(24)23-11-17(2,3)13-8-7-12(21)9-14(13)20/h7-9,15H,6,10-11,22H2,1-5H3,(H,23,24). The normalized spacial score (nSPS) is 25.4. The summed E-state index contributed by atoms with van der Waals surface area (Å²) in [6.07, 6.45) is 0.477. The number of rotatable bonds is 6. The van der Waals surface area contributed by atoms with Crippen molar-refractivity contribution in [3.05, 3.63) is 34.6 Å². The number of benzene rings is 1.